The predicted molar refractivity (Wildman–Crippen MR) is 94.6 cm³/mol. The molecule has 0 bridgehead atoms. The topological polar surface area (TPSA) is 27.3 Å². The number of anilines is 1. The van der Waals surface area contributed by atoms with E-state index in [1.54, 1.807) is 0 Å². The third-order valence-electron chi connectivity index (χ3n) is 4.02. The third kappa shape index (κ3) is 4.09. The van der Waals surface area contributed by atoms with Crippen molar-refractivity contribution < 1.29 is 0 Å². The number of halogens is 1. The first kappa shape index (κ1) is 16.5. The van der Waals surface area contributed by atoms with Crippen LogP contribution in [0.3, 0.4) is 0 Å². The van der Waals surface area contributed by atoms with Crippen LogP contribution in [-0.4, -0.2) is 10.8 Å². The number of nitrogens with zero attached hydrogens (tertiary/aromatic N) is 1. The number of thiocarbonyl (C=S) groups is 1. The van der Waals surface area contributed by atoms with Gasteiger partial charge in [0.05, 0.1) is 5.69 Å². The molecule has 0 spiro atoms. The largest absolute Gasteiger partial charge is 0.342 e. The van der Waals surface area contributed by atoms with Crippen LogP contribution in [0.5, 0.6) is 0 Å². The van der Waals surface area contributed by atoms with Crippen molar-refractivity contribution in [2.75, 3.05) is 5.01 Å². The van der Waals surface area contributed by atoms with E-state index in [0.29, 0.717) is 0 Å². The molecule has 1 fully saturated rings. The first-order valence-corrected chi connectivity index (χ1v) is 8.54. The van der Waals surface area contributed by atoms with Gasteiger partial charge in [0.2, 0.25) is 0 Å². The Balaban J connectivity index is 2.03. The Kier molecular flexibility index (Phi) is 5.85. The van der Waals surface area contributed by atoms with Crippen LogP contribution in [0.2, 0.25) is 5.02 Å². The lowest BCUT2D eigenvalue weighted by Crippen LogP contribution is -2.50. The fourth-order valence-corrected chi connectivity index (χ4v) is 3.11. The average molecular weight is 326 g/mol. The Hall–Kier alpha value is -0.840. The molecule has 1 aromatic carbocycles. The molecule has 0 radical (unpaired) electrons. The molecule has 1 aliphatic rings. The lowest BCUT2D eigenvalue weighted by Gasteiger charge is -2.28. The van der Waals surface area contributed by atoms with Crippen molar-refractivity contribution >= 4 is 34.6 Å². The smallest absolute Gasteiger partial charge is 0.189 e. The summed E-state index contributed by atoms with van der Waals surface area (Å²) in [6.45, 7) is 4.42. The first-order chi connectivity index (χ1) is 10.1. The van der Waals surface area contributed by atoms with Crippen LogP contribution in [-0.2, 0) is 0 Å². The van der Waals surface area contributed by atoms with Crippen LogP contribution in [0.25, 0.3) is 0 Å². The maximum absolute atomic E-state index is 5.95. The maximum atomic E-state index is 5.95. The van der Waals surface area contributed by atoms with Crippen LogP contribution < -0.4 is 15.8 Å². The normalized spacial score (nSPS) is 21.7. The van der Waals surface area contributed by atoms with Gasteiger partial charge in [-0.2, -0.15) is 0 Å². The minimum atomic E-state index is -0.121. The molecule has 1 unspecified atom stereocenters. The fourth-order valence-electron chi connectivity index (χ4n) is 2.64. The number of unbranched alkanes of at least 4 members (excludes halogenated alkanes) is 3. The van der Waals surface area contributed by atoms with Crippen LogP contribution in [0.15, 0.2) is 24.3 Å². The summed E-state index contributed by atoms with van der Waals surface area (Å²) in [5.41, 5.74) is 4.45. The van der Waals surface area contributed by atoms with E-state index < -0.39 is 0 Å². The second-order valence-corrected chi connectivity index (χ2v) is 6.42. The molecule has 1 aliphatic heterocycles. The zero-order chi connectivity index (χ0) is 15.3. The second kappa shape index (κ2) is 7.43. The Bertz CT molecular complexity index is 477. The third-order valence-corrected chi connectivity index (χ3v) is 4.56. The molecule has 5 heteroatoms. The number of benzene rings is 1. The quantitative estimate of drug-likeness (QED) is 0.565. The van der Waals surface area contributed by atoms with E-state index in [0.717, 1.165) is 28.7 Å². The zero-order valence-electron chi connectivity index (χ0n) is 12.8. The summed E-state index contributed by atoms with van der Waals surface area (Å²) in [6.07, 6.45) is 7.10. The van der Waals surface area contributed by atoms with Gasteiger partial charge in [0.25, 0.3) is 0 Å². The Labute approximate surface area is 138 Å². The Morgan fingerprint density at radius 2 is 1.86 bits per heavy atom. The number of nitrogens with one attached hydrogen (secondary N) is 2. The summed E-state index contributed by atoms with van der Waals surface area (Å²) in [5.74, 6) is 0. The van der Waals surface area contributed by atoms with Crippen LogP contribution in [0.4, 0.5) is 5.69 Å². The highest BCUT2D eigenvalue weighted by molar-refractivity contribution is 7.80. The van der Waals surface area contributed by atoms with Gasteiger partial charge in [-0.25, -0.2) is 5.43 Å². The fraction of sp³-hybridized carbons (Fsp3) is 0.562. The van der Waals surface area contributed by atoms with Gasteiger partial charge < -0.3 is 5.32 Å². The number of hydrogen-bond acceptors (Lipinski definition) is 2. The SMILES string of the molecule is CCCCCCC1(CC)NC(=S)N(c2ccc(Cl)cc2)N1. The molecule has 116 valence electrons. The molecule has 1 atom stereocenters. The van der Waals surface area contributed by atoms with E-state index in [4.69, 9.17) is 23.8 Å². The summed E-state index contributed by atoms with van der Waals surface area (Å²) < 4.78 is 0. The Morgan fingerprint density at radius 1 is 1.14 bits per heavy atom. The molecule has 0 amide bonds. The van der Waals surface area contributed by atoms with Gasteiger partial charge in [0, 0.05) is 5.02 Å². The van der Waals surface area contributed by atoms with E-state index in [1.807, 2.05) is 29.3 Å². The maximum Gasteiger partial charge on any atom is 0.189 e. The molecule has 21 heavy (non-hydrogen) atoms. The van der Waals surface area contributed by atoms with Gasteiger partial charge in [-0.05, 0) is 55.7 Å². The molecule has 1 heterocycles. The Morgan fingerprint density at radius 3 is 2.48 bits per heavy atom. The molecule has 0 aromatic heterocycles. The highest BCUT2D eigenvalue weighted by atomic mass is 35.5. The molecule has 0 aliphatic carbocycles. The second-order valence-electron chi connectivity index (χ2n) is 5.60. The van der Waals surface area contributed by atoms with Crippen molar-refractivity contribution in [2.45, 2.75) is 58.0 Å². The van der Waals surface area contributed by atoms with E-state index >= 15 is 0 Å². The summed E-state index contributed by atoms with van der Waals surface area (Å²) in [7, 11) is 0. The molecule has 3 nitrogen and oxygen atoms in total. The standard InChI is InChI=1S/C16H24ClN3S/c1-3-5-6-7-12-16(4-2)18-15(21)20(19-16)14-10-8-13(17)9-11-14/h8-11,19H,3-7,12H2,1-2H3,(H,18,21). The van der Waals surface area contributed by atoms with Crippen molar-refractivity contribution in [3.05, 3.63) is 29.3 Å². The number of hydrazine groups is 1. The van der Waals surface area contributed by atoms with E-state index in [2.05, 4.69) is 24.6 Å². The number of hydrogen-bond donors (Lipinski definition) is 2. The van der Waals surface area contributed by atoms with Gasteiger partial charge in [-0.3, -0.25) is 5.01 Å². The van der Waals surface area contributed by atoms with Crippen molar-refractivity contribution in [3.63, 3.8) is 0 Å². The summed E-state index contributed by atoms with van der Waals surface area (Å²) >= 11 is 11.4. The summed E-state index contributed by atoms with van der Waals surface area (Å²) in [6, 6.07) is 7.72. The molecule has 0 saturated carbocycles. The van der Waals surface area contributed by atoms with Gasteiger partial charge in [0.15, 0.2) is 5.11 Å². The van der Waals surface area contributed by atoms with E-state index in [-0.39, 0.29) is 5.66 Å². The lowest BCUT2D eigenvalue weighted by molar-refractivity contribution is 0.291. The summed E-state index contributed by atoms with van der Waals surface area (Å²) in [5, 5.41) is 6.89. The minimum absolute atomic E-state index is 0.121. The predicted octanol–water partition coefficient (Wildman–Crippen LogP) is 4.62. The molecular weight excluding hydrogens is 302 g/mol. The summed E-state index contributed by atoms with van der Waals surface area (Å²) in [4.78, 5) is 0. The van der Waals surface area contributed by atoms with Crippen molar-refractivity contribution in [3.8, 4) is 0 Å². The number of rotatable bonds is 7. The van der Waals surface area contributed by atoms with Gasteiger partial charge in [-0.15, -0.1) is 0 Å². The van der Waals surface area contributed by atoms with Gasteiger partial charge in [0.1, 0.15) is 5.66 Å². The highest BCUT2D eigenvalue weighted by Crippen LogP contribution is 2.26. The van der Waals surface area contributed by atoms with Crippen LogP contribution >= 0.6 is 23.8 Å². The molecule has 1 aromatic rings. The molecule has 2 N–H and O–H groups in total. The van der Waals surface area contributed by atoms with E-state index in [1.165, 1.54) is 25.7 Å². The van der Waals surface area contributed by atoms with Gasteiger partial charge >= 0.3 is 0 Å². The molecule has 1 saturated heterocycles. The van der Waals surface area contributed by atoms with Crippen LogP contribution in [0.1, 0.15) is 52.4 Å². The highest BCUT2D eigenvalue weighted by Gasteiger charge is 2.38. The average Bonchev–Trinajstić information content (AvgIpc) is 2.82. The van der Waals surface area contributed by atoms with Crippen LogP contribution in [0, 0.1) is 0 Å². The van der Waals surface area contributed by atoms with Gasteiger partial charge in [-0.1, -0.05) is 44.7 Å². The minimum Gasteiger partial charge on any atom is -0.342 e. The van der Waals surface area contributed by atoms with E-state index in [9.17, 15) is 0 Å². The zero-order valence-corrected chi connectivity index (χ0v) is 14.4. The molecule has 2 rings (SSSR count). The van der Waals surface area contributed by atoms with Crippen molar-refractivity contribution in [2.24, 2.45) is 0 Å². The lowest BCUT2D eigenvalue weighted by atomic mass is 9.99. The van der Waals surface area contributed by atoms with Crippen molar-refractivity contribution in [1.29, 1.82) is 0 Å². The van der Waals surface area contributed by atoms with Crippen molar-refractivity contribution in [1.82, 2.24) is 10.7 Å². The molecular formula is C16H24ClN3S. The first-order valence-electron chi connectivity index (χ1n) is 7.76. The monoisotopic (exact) mass is 325 g/mol.